The molecular weight excluding hydrogens is 238 g/mol. The molecule has 1 aliphatic heterocycles. The number of amides is 1. The molecule has 1 amide bonds. The first-order valence-electron chi connectivity index (χ1n) is 5.74. The second kappa shape index (κ2) is 4.67. The van der Waals surface area contributed by atoms with Gasteiger partial charge in [0.15, 0.2) is 0 Å². The minimum atomic E-state index is -1.03. The maximum Gasteiger partial charge on any atom is 0.410 e. The summed E-state index contributed by atoms with van der Waals surface area (Å²) in [6.07, 6.45) is -0.0936. The number of aromatic amines is 1. The molecule has 0 aromatic carbocycles. The van der Waals surface area contributed by atoms with Gasteiger partial charge in [-0.15, -0.1) is 0 Å². The molecule has 98 valence electrons. The lowest BCUT2D eigenvalue weighted by atomic mass is 10.1. The Balaban J connectivity index is 2.11. The lowest BCUT2D eigenvalue weighted by Gasteiger charge is -2.26. The highest BCUT2D eigenvalue weighted by Gasteiger charge is 2.28. The van der Waals surface area contributed by atoms with Crippen molar-refractivity contribution in [2.75, 3.05) is 6.54 Å². The SMILES string of the molecule is CC(C)OC(=O)N1CCc2c(n[nH]c2C(=O)O)C1. The largest absolute Gasteiger partial charge is 0.477 e. The Morgan fingerprint density at radius 3 is 2.83 bits per heavy atom. The number of carbonyl (C=O) groups is 2. The molecule has 18 heavy (non-hydrogen) atoms. The van der Waals surface area contributed by atoms with Crippen molar-refractivity contribution in [2.24, 2.45) is 0 Å². The quantitative estimate of drug-likeness (QED) is 0.820. The number of aromatic nitrogens is 2. The van der Waals surface area contributed by atoms with Crippen LogP contribution in [0.1, 0.15) is 35.6 Å². The summed E-state index contributed by atoms with van der Waals surface area (Å²) in [6.45, 7) is 4.29. The van der Waals surface area contributed by atoms with Gasteiger partial charge in [-0.25, -0.2) is 9.59 Å². The lowest BCUT2D eigenvalue weighted by molar-refractivity contribution is 0.0688. The average Bonchev–Trinajstić information content (AvgIpc) is 2.70. The Morgan fingerprint density at radius 2 is 2.22 bits per heavy atom. The van der Waals surface area contributed by atoms with E-state index < -0.39 is 12.1 Å². The van der Waals surface area contributed by atoms with Gasteiger partial charge in [-0.2, -0.15) is 5.10 Å². The molecule has 0 unspecified atom stereocenters. The number of fused-ring (bicyclic) bond motifs is 1. The fourth-order valence-electron chi connectivity index (χ4n) is 1.92. The molecule has 0 bridgehead atoms. The van der Waals surface area contributed by atoms with Crippen LogP contribution < -0.4 is 0 Å². The molecule has 0 aliphatic carbocycles. The van der Waals surface area contributed by atoms with Gasteiger partial charge in [0, 0.05) is 12.1 Å². The fraction of sp³-hybridized carbons (Fsp3) is 0.545. The second-order valence-corrected chi connectivity index (χ2v) is 4.43. The number of hydrogen-bond acceptors (Lipinski definition) is 4. The summed E-state index contributed by atoms with van der Waals surface area (Å²) in [7, 11) is 0. The normalized spacial score (nSPS) is 14.5. The standard InChI is InChI=1S/C11H15N3O4/c1-6(2)18-11(17)14-4-3-7-8(5-14)12-13-9(7)10(15)16/h6H,3-5H2,1-2H3,(H,12,13)(H,15,16). The molecule has 0 spiro atoms. The summed E-state index contributed by atoms with van der Waals surface area (Å²) in [5.41, 5.74) is 1.39. The first kappa shape index (κ1) is 12.4. The Kier molecular flexibility index (Phi) is 3.22. The number of H-pyrrole nitrogens is 1. The fourth-order valence-corrected chi connectivity index (χ4v) is 1.92. The van der Waals surface area contributed by atoms with Crippen LogP contribution in [0, 0.1) is 0 Å². The van der Waals surface area contributed by atoms with Crippen molar-refractivity contribution in [3.05, 3.63) is 17.0 Å². The number of aromatic carboxylic acids is 1. The van der Waals surface area contributed by atoms with E-state index >= 15 is 0 Å². The highest BCUT2D eigenvalue weighted by molar-refractivity contribution is 5.87. The molecular formula is C11H15N3O4. The van der Waals surface area contributed by atoms with Crippen molar-refractivity contribution in [2.45, 2.75) is 32.9 Å². The molecule has 1 aliphatic rings. The van der Waals surface area contributed by atoms with Crippen LogP contribution in [0.3, 0.4) is 0 Å². The van der Waals surface area contributed by atoms with Crippen LogP contribution in [-0.4, -0.2) is 44.9 Å². The van der Waals surface area contributed by atoms with Gasteiger partial charge in [0.2, 0.25) is 0 Å². The Hall–Kier alpha value is -2.05. The average molecular weight is 253 g/mol. The van der Waals surface area contributed by atoms with Crippen LogP contribution in [-0.2, 0) is 17.7 Å². The van der Waals surface area contributed by atoms with Crippen molar-refractivity contribution < 1.29 is 19.4 Å². The molecule has 2 rings (SSSR count). The molecule has 1 aromatic heterocycles. The third-order valence-electron chi connectivity index (χ3n) is 2.73. The molecule has 1 aromatic rings. The molecule has 0 fully saturated rings. The maximum absolute atomic E-state index is 11.7. The highest BCUT2D eigenvalue weighted by atomic mass is 16.6. The molecule has 2 N–H and O–H groups in total. The topological polar surface area (TPSA) is 95.5 Å². The smallest absolute Gasteiger partial charge is 0.410 e. The van der Waals surface area contributed by atoms with E-state index in [2.05, 4.69) is 10.2 Å². The van der Waals surface area contributed by atoms with Crippen LogP contribution in [0.15, 0.2) is 0 Å². The van der Waals surface area contributed by atoms with Crippen molar-refractivity contribution >= 4 is 12.1 Å². The predicted octanol–water partition coefficient (Wildman–Crippen LogP) is 1.01. The number of ether oxygens (including phenoxy) is 1. The maximum atomic E-state index is 11.7. The zero-order valence-electron chi connectivity index (χ0n) is 10.3. The number of nitrogens with zero attached hydrogens (tertiary/aromatic N) is 2. The molecule has 7 nitrogen and oxygen atoms in total. The Bertz CT molecular complexity index is 481. The van der Waals surface area contributed by atoms with Crippen LogP contribution in [0.25, 0.3) is 0 Å². The van der Waals surface area contributed by atoms with E-state index in [9.17, 15) is 9.59 Å². The van der Waals surface area contributed by atoms with Gasteiger partial charge in [0.1, 0.15) is 5.69 Å². The lowest BCUT2D eigenvalue weighted by Crippen LogP contribution is -2.37. The summed E-state index contributed by atoms with van der Waals surface area (Å²) in [5.74, 6) is -1.03. The van der Waals surface area contributed by atoms with Gasteiger partial charge in [0.25, 0.3) is 0 Å². The Morgan fingerprint density at radius 1 is 1.50 bits per heavy atom. The van der Waals surface area contributed by atoms with E-state index in [0.29, 0.717) is 24.2 Å². The number of hydrogen-bond donors (Lipinski definition) is 2. The summed E-state index contributed by atoms with van der Waals surface area (Å²) >= 11 is 0. The third kappa shape index (κ3) is 2.29. The summed E-state index contributed by atoms with van der Waals surface area (Å²) in [6, 6.07) is 0. The van der Waals surface area contributed by atoms with E-state index in [1.54, 1.807) is 13.8 Å². The number of carboxylic acids is 1. The number of nitrogens with one attached hydrogen (secondary N) is 1. The van der Waals surface area contributed by atoms with Gasteiger partial charge >= 0.3 is 12.1 Å². The monoisotopic (exact) mass is 253 g/mol. The van der Waals surface area contributed by atoms with Crippen molar-refractivity contribution in [3.8, 4) is 0 Å². The highest BCUT2D eigenvalue weighted by Crippen LogP contribution is 2.20. The van der Waals surface area contributed by atoms with E-state index in [0.717, 1.165) is 0 Å². The summed E-state index contributed by atoms with van der Waals surface area (Å²) in [4.78, 5) is 24.1. The molecule has 0 radical (unpaired) electrons. The van der Waals surface area contributed by atoms with Crippen LogP contribution in [0.4, 0.5) is 4.79 Å². The van der Waals surface area contributed by atoms with E-state index in [-0.39, 0.29) is 18.3 Å². The van der Waals surface area contributed by atoms with Gasteiger partial charge in [-0.3, -0.25) is 5.10 Å². The van der Waals surface area contributed by atoms with Crippen molar-refractivity contribution in [1.82, 2.24) is 15.1 Å². The van der Waals surface area contributed by atoms with Crippen molar-refractivity contribution in [3.63, 3.8) is 0 Å². The minimum Gasteiger partial charge on any atom is -0.477 e. The minimum absolute atomic E-state index is 0.113. The van der Waals surface area contributed by atoms with E-state index in [4.69, 9.17) is 9.84 Å². The van der Waals surface area contributed by atoms with E-state index in [1.165, 1.54) is 4.90 Å². The van der Waals surface area contributed by atoms with Gasteiger partial charge in [-0.05, 0) is 20.3 Å². The zero-order valence-corrected chi connectivity index (χ0v) is 10.3. The van der Waals surface area contributed by atoms with E-state index in [1.807, 2.05) is 0 Å². The zero-order chi connectivity index (χ0) is 13.3. The van der Waals surface area contributed by atoms with Crippen LogP contribution in [0.5, 0.6) is 0 Å². The van der Waals surface area contributed by atoms with Crippen LogP contribution in [0.2, 0.25) is 0 Å². The van der Waals surface area contributed by atoms with Gasteiger partial charge in [-0.1, -0.05) is 0 Å². The molecule has 0 atom stereocenters. The predicted molar refractivity (Wildman–Crippen MR) is 61.3 cm³/mol. The molecule has 0 saturated heterocycles. The second-order valence-electron chi connectivity index (χ2n) is 4.43. The molecule has 7 heteroatoms. The summed E-state index contributed by atoms with van der Waals surface area (Å²) in [5, 5.41) is 15.4. The third-order valence-corrected chi connectivity index (χ3v) is 2.73. The number of carboxylic acid groups (broad SMARTS) is 1. The van der Waals surface area contributed by atoms with Gasteiger partial charge in [0.05, 0.1) is 18.3 Å². The molecule has 0 saturated carbocycles. The van der Waals surface area contributed by atoms with Crippen LogP contribution >= 0.6 is 0 Å². The first-order chi connectivity index (χ1) is 8.49. The number of rotatable bonds is 2. The van der Waals surface area contributed by atoms with Gasteiger partial charge < -0.3 is 14.7 Å². The summed E-state index contributed by atoms with van der Waals surface area (Å²) < 4.78 is 5.09. The Labute approximate surface area is 104 Å². The first-order valence-corrected chi connectivity index (χ1v) is 5.74. The number of carbonyl (C=O) groups excluding carboxylic acids is 1. The van der Waals surface area contributed by atoms with Crippen molar-refractivity contribution in [1.29, 1.82) is 0 Å². The molecule has 2 heterocycles.